The Bertz CT molecular complexity index is 1830. The quantitative estimate of drug-likeness (QED) is 0.245. The Balaban J connectivity index is 1.18. The van der Waals surface area contributed by atoms with Gasteiger partial charge in [0.25, 0.3) is 5.56 Å². The lowest BCUT2D eigenvalue weighted by atomic mass is 10.0. The summed E-state index contributed by atoms with van der Waals surface area (Å²) in [5, 5.41) is 8.17. The second-order valence-corrected chi connectivity index (χ2v) is 9.50. The molecule has 6 aromatic rings. The van der Waals surface area contributed by atoms with Gasteiger partial charge < -0.3 is 24.3 Å². The summed E-state index contributed by atoms with van der Waals surface area (Å²) in [6.07, 6.45) is 11.1. The number of pyridine rings is 4. The number of hydrogen-bond donors (Lipinski definition) is 2. The number of benzene rings is 1. The Morgan fingerprint density at radius 3 is 2.73 bits per heavy atom. The highest BCUT2D eigenvalue weighted by Gasteiger charge is 2.11. The molecule has 0 aliphatic carbocycles. The standard InChI is InChI=1S/C31H29N7O2/c1-40-14-12-33-24-9-11-34-29(15-24)35-16-22-7-8-30-36-25(21-38(30)19-22)20-37-13-10-26-27(23-5-3-2-4-6-23)17-32-18-28(26)31(37)39/h2-11,13,15,17-19,21H,12,14,16,20H2,1H3,(H2,33,34,35). The van der Waals surface area contributed by atoms with Crippen LogP contribution in [0.25, 0.3) is 27.5 Å². The molecule has 9 nitrogen and oxygen atoms in total. The van der Waals surface area contributed by atoms with E-state index in [9.17, 15) is 4.79 Å². The number of ether oxygens (including phenoxy) is 1. The number of hydrogen-bond acceptors (Lipinski definition) is 7. The number of aromatic nitrogens is 5. The van der Waals surface area contributed by atoms with E-state index in [2.05, 4.69) is 20.6 Å². The average Bonchev–Trinajstić information content (AvgIpc) is 3.40. The van der Waals surface area contributed by atoms with Crippen molar-refractivity contribution < 1.29 is 4.74 Å². The van der Waals surface area contributed by atoms with Crippen molar-refractivity contribution in [1.82, 2.24) is 23.9 Å². The van der Waals surface area contributed by atoms with E-state index < -0.39 is 0 Å². The predicted octanol–water partition coefficient (Wildman–Crippen LogP) is 4.82. The van der Waals surface area contributed by atoms with Crippen LogP contribution in [0.3, 0.4) is 0 Å². The number of fused-ring (bicyclic) bond motifs is 2. The monoisotopic (exact) mass is 531 g/mol. The van der Waals surface area contributed by atoms with Gasteiger partial charge in [0.05, 0.1) is 24.2 Å². The first-order valence-corrected chi connectivity index (χ1v) is 13.1. The first-order chi connectivity index (χ1) is 19.7. The summed E-state index contributed by atoms with van der Waals surface area (Å²) in [6, 6.07) is 19.9. The Labute approximate surface area is 231 Å². The van der Waals surface area contributed by atoms with Crippen molar-refractivity contribution in [2.45, 2.75) is 13.1 Å². The average molecular weight is 532 g/mol. The highest BCUT2D eigenvalue weighted by atomic mass is 16.5. The molecule has 0 aliphatic heterocycles. The summed E-state index contributed by atoms with van der Waals surface area (Å²) >= 11 is 0. The van der Waals surface area contributed by atoms with Gasteiger partial charge in [-0.05, 0) is 34.7 Å². The summed E-state index contributed by atoms with van der Waals surface area (Å²) in [5.74, 6) is 0.787. The molecule has 5 aromatic heterocycles. The van der Waals surface area contributed by atoms with Crippen LogP contribution in [0.1, 0.15) is 11.3 Å². The molecule has 0 spiro atoms. The van der Waals surface area contributed by atoms with E-state index in [1.807, 2.05) is 89.9 Å². The first-order valence-electron chi connectivity index (χ1n) is 13.1. The maximum absolute atomic E-state index is 13.4. The molecule has 0 radical (unpaired) electrons. The molecular weight excluding hydrogens is 502 g/mol. The SMILES string of the molecule is COCCNc1ccnc(NCc2ccc3nc(Cn4ccc5c(-c6ccccc6)cncc5c4=O)cn3c2)c1. The molecule has 40 heavy (non-hydrogen) atoms. The fraction of sp³-hybridized carbons (Fsp3) is 0.161. The van der Waals surface area contributed by atoms with E-state index in [-0.39, 0.29) is 5.56 Å². The van der Waals surface area contributed by atoms with Gasteiger partial charge >= 0.3 is 0 Å². The van der Waals surface area contributed by atoms with Gasteiger partial charge in [-0.25, -0.2) is 9.97 Å². The summed E-state index contributed by atoms with van der Waals surface area (Å²) in [6.45, 7) is 2.35. The lowest BCUT2D eigenvalue weighted by molar-refractivity contribution is 0.211. The molecule has 9 heteroatoms. The minimum atomic E-state index is -0.0869. The van der Waals surface area contributed by atoms with Gasteiger partial charge in [-0.15, -0.1) is 0 Å². The smallest absolute Gasteiger partial charge is 0.260 e. The molecule has 0 saturated heterocycles. The van der Waals surface area contributed by atoms with Gasteiger partial charge in [0.1, 0.15) is 11.5 Å². The molecule has 5 heterocycles. The van der Waals surface area contributed by atoms with Crippen molar-refractivity contribution >= 4 is 27.9 Å². The van der Waals surface area contributed by atoms with Crippen LogP contribution < -0.4 is 16.2 Å². The van der Waals surface area contributed by atoms with E-state index in [1.54, 1.807) is 24.1 Å². The van der Waals surface area contributed by atoms with Gasteiger partial charge in [0, 0.05) is 74.7 Å². The molecule has 0 amide bonds. The zero-order valence-electron chi connectivity index (χ0n) is 22.1. The van der Waals surface area contributed by atoms with E-state index in [0.717, 1.165) is 51.5 Å². The molecule has 200 valence electrons. The third-order valence-corrected chi connectivity index (χ3v) is 6.75. The van der Waals surface area contributed by atoms with Crippen LogP contribution in [-0.2, 0) is 17.8 Å². The van der Waals surface area contributed by atoms with E-state index >= 15 is 0 Å². The van der Waals surface area contributed by atoms with Crippen molar-refractivity contribution in [3.8, 4) is 11.1 Å². The lowest BCUT2D eigenvalue weighted by Gasteiger charge is -2.09. The highest BCUT2D eigenvalue weighted by Crippen LogP contribution is 2.26. The summed E-state index contributed by atoms with van der Waals surface area (Å²) in [7, 11) is 1.68. The van der Waals surface area contributed by atoms with Crippen molar-refractivity contribution in [2.24, 2.45) is 0 Å². The Morgan fingerprint density at radius 2 is 1.85 bits per heavy atom. The summed E-state index contributed by atoms with van der Waals surface area (Å²) < 4.78 is 8.76. The second kappa shape index (κ2) is 11.4. The molecule has 0 atom stereocenters. The van der Waals surface area contributed by atoms with Crippen molar-refractivity contribution in [1.29, 1.82) is 0 Å². The van der Waals surface area contributed by atoms with Crippen molar-refractivity contribution in [3.63, 3.8) is 0 Å². The molecular formula is C31H29N7O2. The maximum atomic E-state index is 13.4. The van der Waals surface area contributed by atoms with Gasteiger partial charge in [0.2, 0.25) is 0 Å². The van der Waals surface area contributed by atoms with Crippen molar-refractivity contribution in [2.75, 3.05) is 30.9 Å². The third-order valence-electron chi connectivity index (χ3n) is 6.75. The van der Waals surface area contributed by atoms with Crippen LogP contribution in [-0.4, -0.2) is 44.2 Å². The number of nitrogens with zero attached hydrogens (tertiary/aromatic N) is 5. The zero-order valence-corrected chi connectivity index (χ0v) is 22.1. The molecule has 0 bridgehead atoms. The minimum Gasteiger partial charge on any atom is -0.383 e. The molecule has 0 saturated carbocycles. The van der Waals surface area contributed by atoms with Gasteiger partial charge in [-0.3, -0.25) is 9.78 Å². The lowest BCUT2D eigenvalue weighted by Crippen LogP contribution is -2.20. The van der Waals surface area contributed by atoms with Gasteiger partial charge in [0.15, 0.2) is 0 Å². The number of rotatable bonds is 10. The topological polar surface area (TPSA) is 98.4 Å². The van der Waals surface area contributed by atoms with Crippen molar-refractivity contribution in [3.05, 3.63) is 119 Å². The van der Waals surface area contributed by atoms with Crippen LogP contribution in [0, 0.1) is 0 Å². The Morgan fingerprint density at radius 1 is 0.950 bits per heavy atom. The number of methoxy groups -OCH3 is 1. The third kappa shape index (κ3) is 5.41. The normalized spacial score (nSPS) is 11.2. The summed E-state index contributed by atoms with van der Waals surface area (Å²) in [4.78, 5) is 26.9. The largest absolute Gasteiger partial charge is 0.383 e. The second-order valence-electron chi connectivity index (χ2n) is 9.50. The summed E-state index contributed by atoms with van der Waals surface area (Å²) in [5.41, 5.74) is 5.58. The zero-order chi connectivity index (χ0) is 27.3. The fourth-order valence-corrected chi connectivity index (χ4v) is 4.75. The molecule has 0 aliphatic rings. The Hall–Kier alpha value is -5.02. The van der Waals surface area contributed by atoms with Crippen LogP contribution in [0.5, 0.6) is 0 Å². The van der Waals surface area contributed by atoms with E-state index in [1.165, 1.54) is 0 Å². The first kappa shape index (κ1) is 25.3. The molecule has 0 unspecified atom stereocenters. The van der Waals surface area contributed by atoms with Gasteiger partial charge in [-0.2, -0.15) is 0 Å². The van der Waals surface area contributed by atoms with Crippen LogP contribution in [0.4, 0.5) is 11.5 Å². The number of nitrogens with one attached hydrogen (secondary N) is 2. The van der Waals surface area contributed by atoms with E-state index in [4.69, 9.17) is 9.72 Å². The van der Waals surface area contributed by atoms with Crippen LogP contribution in [0.15, 0.2) is 103 Å². The Kier molecular flexibility index (Phi) is 7.19. The molecule has 0 fully saturated rings. The van der Waals surface area contributed by atoms with Gasteiger partial charge in [-0.1, -0.05) is 36.4 Å². The van der Waals surface area contributed by atoms with Crippen LogP contribution >= 0.6 is 0 Å². The van der Waals surface area contributed by atoms with Crippen LogP contribution in [0.2, 0.25) is 0 Å². The molecule has 6 rings (SSSR count). The number of imidazole rings is 1. The molecule has 1 aromatic carbocycles. The number of anilines is 2. The highest BCUT2D eigenvalue weighted by molar-refractivity contribution is 5.95. The maximum Gasteiger partial charge on any atom is 0.260 e. The fourth-order valence-electron chi connectivity index (χ4n) is 4.75. The minimum absolute atomic E-state index is 0.0869. The predicted molar refractivity (Wildman–Crippen MR) is 158 cm³/mol. The van der Waals surface area contributed by atoms with E-state index in [0.29, 0.717) is 25.1 Å². The molecule has 2 N–H and O–H groups in total.